The SMILES string of the molecule is C=C(C)CC(C)(COc1ccc(-c2cc(Cl)nn3ccnc23)cc1)NC(=O)O. The van der Waals surface area contributed by atoms with Crippen LogP contribution in [0.4, 0.5) is 4.79 Å². The fraction of sp³-hybridized carbons (Fsp3) is 0.250. The van der Waals surface area contributed by atoms with E-state index in [1.54, 1.807) is 29.9 Å². The van der Waals surface area contributed by atoms with Crippen LogP contribution in [-0.4, -0.2) is 37.9 Å². The average molecular weight is 401 g/mol. The number of imidazole rings is 1. The van der Waals surface area contributed by atoms with Crippen LogP contribution < -0.4 is 10.1 Å². The number of nitrogens with one attached hydrogen (secondary N) is 1. The standard InChI is InChI=1S/C20H21ClN4O3/c1-13(2)11-20(3,23-19(26)27)12-28-15-6-4-14(5-7-15)16-10-17(21)24-25-9-8-22-18(16)25/h4-10,23H,1,11-12H2,2-3H3,(H,26,27). The number of carbonyl (C=O) groups is 1. The number of amides is 1. The van der Waals surface area contributed by atoms with Gasteiger partial charge in [-0.15, -0.1) is 6.58 Å². The van der Waals surface area contributed by atoms with Gasteiger partial charge < -0.3 is 15.2 Å². The number of hydrogen-bond donors (Lipinski definition) is 2. The van der Waals surface area contributed by atoms with Gasteiger partial charge in [-0.25, -0.2) is 14.3 Å². The molecule has 1 aromatic carbocycles. The molecule has 0 aliphatic rings. The second kappa shape index (κ2) is 7.90. The summed E-state index contributed by atoms with van der Waals surface area (Å²) in [6.07, 6.45) is 2.78. The van der Waals surface area contributed by atoms with Crippen molar-refractivity contribution >= 4 is 23.3 Å². The molecule has 3 aromatic rings. The molecule has 8 heteroatoms. The second-order valence-corrected chi connectivity index (χ2v) is 7.40. The van der Waals surface area contributed by atoms with Crippen LogP contribution in [0.3, 0.4) is 0 Å². The number of fused-ring (bicyclic) bond motifs is 1. The van der Waals surface area contributed by atoms with Gasteiger partial charge in [0.2, 0.25) is 0 Å². The van der Waals surface area contributed by atoms with Gasteiger partial charge in [0.15, 0.2) is 10.8 Å². The van der Waals surface area contributed by atoms with E-state index in [-0.39, 0.29) is 6.61 Å². The first-order chi connectivity index (χ1) is 13.3. The molecular weight excluding hydrogens is 380 g/mol. The smallest absolute Gasteiger partial charge is 0.405 e. The van der Waals surface area contributed by atoms with Crippen molar-refractivity contribution in [3.8, 4) is 16.9 Å². The van der Waals surface area contributed by atoms with E-state index in [1.807, 2.05) is 31.2 Å². The van der Waals surface area contributed by atoms with Crippen LogP contribution >= 0.6 is 11.6 Å². The van der Waals surface area contributed by atoms with Crippen LogP contribution in [0, 0.1) is 0 Å². The highest BCUT2D eigenvalue weighted by Gasteiger charge is 2.27. The van der Waals surface area contributed by atoms with Gasteiger partial charge in [0.1, 0.15) is 12.4 Å². The molecular formula is C20H21ClN4O3. The van der Waals surface area contributed by atoms with E-state index in [1.165, 1.54) is 0 Å². The minimum absolute atomic E-state index is 0.178. The van der Waals surface area contributed by atoms with Crippen molar-refractivity contribution in [1.82, 2.24) is 19.9 Å². The largest absolute Gasteiger partial charge is 0.491 e. The molecule has 0 aliphatic heterocycles. The van der Waals surface area contributed by atoms with Crippen LogP contribution in [-0.2, 0) is 0 Å². The van der Waals surface area contributed by atoms with E-state index < -0.39 is 11.6 Å². The van der Waals surface area contributed by atoms with Crippen LogP contribution in [0.1, 0.15) is 20.3 Å². The Labute approximate surface area is 167 Å². The van der Waals surface area contributed by atoms with Crippen molar-refractivity contribution < 1.29 is 14.6 Å². The zero-order chi connectivity index (χ0) is 20.3. The summed E-state index contributed by atoms with van der Waals surface area (Å²) in [6.45, 7) is 7.68. The molecule has 146 valence electrons. The molecule has 2 heterocycles. The van der Waals surface area contributed by atoms with Crippen molar-refractivity contribution in [3.05, 3.63) is 60.0 Å². The normalized spacial score (nSPS) is 13.1. The topological polar surface area (TPSA) is 88.8 Å². The Balaban J connectivity index is 1.78. The molecule has 1 atom stereocenters. The molecule has 0 radical (unpaired) electrons. The van der Waals surface area contributed by atoms with Gasteiger partial charge in [0.25, 0.3) is 0 Å². The number of rotatable bonds is 7. The maximum atomic E-state index is 11.1. The molecule has 0 saturated heterocycles. The van der Waals surface area contributed by atoms with E-state index in [9.17, 15) is 4.79 Å². The molecule has 0 aliphatic carbocycles. The highest BCUT2D eigenvalue weighted by Crippen LogP contribution is 2.28. The first kappa shape index (κ1) is 19.7. The maximum absolute atomic E-state index is 11.1. The summed E-state index contributed by atoms with van der Waals surface area (Å²) >= 11 is 6.10. The Morgan fingerprint density at radius 3 is 2.75 bits per heavy atom. The van der Waals surface area contributed by atoms with E-state index >= 15 is 0 Å². The number of nitrogens with zero attached hydrogens (tertiary/aromatic N) is 3. The highest BCUT2D eigenvalue weighted by molar-refractivity contribution is 6.29. The summed E-state index contributed by atoms with van der Waals surface area (Å²) in [6, 6.07) is 9.21. The van der Waals surface area contributed by atoms with Crippen LogP contribution in [0.15, 0.2) is 54.9 Å². The molecule has 2 aromatic heterocycles. The molecule has 7 nitrogen and oxygen atoms in total. The third-order valence-corrected chi connectivity index (χ3v) is 4.34. The number of hydrogen-bond acceptors (Lipinski definition) is 4. The maximum Gasteiger partial charge on any atom is 0.405 e. The third kappa shape index (κ3) is 4.61. The van der Waals surface area contributed by atoms with Crippen LogP contribution in [0.5, 0.6) is 5.75 Å². The van der Waals surface area contributed by atoms with Crippen molar-refractivity contribution in [2.24, 2.45) is 0 Å². The molecule has 0 saturated carbocycles. The summed E-state index contributed by atoms with van der Waals surface area (Å²) in [4.78, 5) is 15.4. The Morgan fingerprint density at radius 2 is 2.11 bits per heavy atom. The summed E-state index contributed by atoms with van der Waals surface area (Å²) in [5.74, 6) is 0.628. The van der Waals surface area contributed by atoms with Gasteiger partial charge in [-0.2, -0.15) is 5.10 Å². The van der Waals surface area contributed by atoms with Gasteiger partial charge in [0.05, 0.1) is 5.54 Å². The molecule has 3 rings (SSSR count). The van der Waals surface area contributed by atoms with Gasteiger partial charge in [-0.3, -0.25) is 0 Å². The van der Waals surface area contributed by atoms with Crippen LogP contribution in [0.2, 0.25) is 5.15 Å². The lowest BCUT2D eigenvalue weighted by Crippen LogP contribution is -2.50. The number of halogens is 1. The molecule has 0 bridgehead atoms. The average Bonchev–Trinajstić information content (AvgIpc) is 3.06. The predicted molar refractivity (Wildman–Crippen MR) is 108 cm³/mol. The van der Waals surface area contributed by atoms with E-state index in [2.05, 4.69) is 22.0 Å². The van der Waals surface area contributed by atoms with Crippen molar-refractivity contribution in [3.63, 3.8) is 0 Å². The number of carboxylic acid groups (broad SMARTS) is 1. The minimum atomic E-state index is -1.10. The Morgan fingerprint density at radius 1 is 1.39 bits per heavy atom. The monoisotopic (exact) mass is 400 g/mol. The van der Waals surface area contributed by atoms with Crippen molar-refractivity contribution in [2.75, 3.05) is 6.61 Å². The zero-order valence-electron chi connectivity index (χ0n) is 15.6. The molecule has 1 amide bonds. The fourth-order valence-electron chi connectivity index (χ4n) is 3.13. The number of aromatic nitrogens is 3. The first-order valence-electron chi connectivity index (χ1n) is 8.64. The second-order valence-electron chi connectivity index (χ2n) is 7.01. The highest BCUT2D eigenvalue weighted by atomic mass is 35.5. The number of benzene rings is 1. The van der Waals surface area contributed by atoms with Crippen molar-refractivity contribution in [2.45, 2.75) is 25.8 Å². The van der Waals surface area contributed by atoms with Crippen LogP contribution in [0.25, 0.3) is 16.8 Å². The van der Waals surface area contributed by atoms with E-state index in [0.717, 1.165) is 16.7 Å². The summed E-state index contributed by atoms with van der Waals surface area (Å²) in [5.41, 5.74) is 2.58. The van der Waals surface area contributed by atoms with Crippen molar-refractivity contribution in [1.29, 1.82) is 0 Å². The predicted octanol–water partition coefficient (Wildman–Crippen LogP) is 4.42. The Hall–Kier alpha value is -3.06. The molecule has 2 N–H and O–H groups in total. The summed E-state index contributed by atoms with van der Waals surface area (Å²) in [5, 5.41) is 16.2. The van der Waals surface area contributed by atoms with Gasteiger partial charge in [-0.05, 0) is 44.0 Å². The molecule has 1 unspecified atom stereocenters. The Kier molecular flexibility index (Phi) is 5.56. The molecule has 0 spiro atoms. The lowest BCUT2D eigenvalue weighted by Gasteiger charge is -2.29. The minimum Gasteiger partial charge on any atom is -0.491 e. The Bertz CT molecular complexity index is 998. The number of ether oxygens (including phenoxy) is 1. The van der Waals surface area contributed by atoms with Gasteiger partial charge >= 0.3 is 6.09 Å². The zero-order valence-corrected chi connectivity index (χ0v) is 16.4. The van der Waals surface area contributed by atoms with E-state index in [4.69, 9.17) is 21.4 Å². The van der Waals surface area contributed by atoms with Gasteiger partial charge in [0, 0.05) is 18.0 Å². The lowest BCUT2D eigenvalue weighted by molar-refractivity contribution is 0.155. The summed E-state index contributed by atoms with van der Waals surface area (Å²) in [7, 11) is 0. The molecule has 0 fully saturated rings. The molecule has 28 heavy (non-hydrogen) atoms. The van der Waals surface area contributed by atoms with E-state index in [0.29, 0.717) is 23.0 Å². The van der Waals surface area contributed by atoms with Gasteiger partial charge in [-0.1, -0.05) is 29.3 Å². The first-order valence-corrected chi connectivity index (χ1v) is 9.02. The summed E-state index contributed by atoms with van der Waals surface area (Å²) < 4.78 is 7.46. The fourth-order valence-corrected chi connectivity index (χ4v) is 3.32. The quantitative estimate of drug-likeness (QED) is 0.573. The third-order valence-electron chi connectivity index (χ3n) is 4.15. The lowest BCUT2D eigenvalue weighted by atomic mass is 9.95.